The van der Waals surface area contributed by atoms with Crippen LogP contribution in [0.3, 0.4) is 0 Å². The second-order valence-electron chi connectivity index (χ2n) is 6.40. The minimum Gasteiger partial charge on any atom is -0.0622 e. The molecule has 0 aliphatic carbocycles. The van der Waals surface area contributed by atoms with Gasteiger partial charge in [-0.2, -0.15) is 0 Å². The summed E-state index contributed by atoms with van der Waals surface area (Å²) in [7, 11) is 0. The molecule has 0 aliphatic heterocycles. The van der Waals surface area contributed by atoms with Crippen molar-refractivity contribution in [1.82, 2.24) is 0 Å². The molecule has 122 valence electrons. The lowest BCUT2D eigenvalue weighted by molar-refractivity contribution is 1.01. The second kappa shape index (κ2) is 7.05. The molecule has 0 bridgehead atoms. The van der Waals surface area contributed by atoms with Gasteiger partial charge in [-0.3, -0.25) is 0 Å². The lowest BCUT2D eigenvalue weighted by atomic mass is 9.80. The molecule has 0 radical (unpaired) electrons. The van der Waals surface area contributed by atoms with E-state index in [0.29, 0.717) is 0 Å². The molecule has 3 aromatic carbocycles. The molecule has 0 aliphatic rings. The Balaban J connectivity index is 2.45. The van der Waals surface area contributed by atoms with Gasteiger partial charge in [-0.1, -0.05) is 74.5 Å². The molecule has 0 unspecified atom stereocenters. The summed E-state index contributed by atoms with van der Waals surface area (Å²) in [6.07, 6.45) is 2.15. The fraction of sp³-hybridized carbons (Fsp3) is 0.250. The zero-order valence-electron chi connectivity index (χ0n) is 15.2. The summed E-state index contributed by atoms with van der Waals surface area (Å²) in [6, 6.07) is 21.7. The van der Waals surface area contributed by atoms with Crippen LogP contribution in [0.25, 0.3) is 22.3 Å². The highest BCUT2D eigenvalue weighted by Crippen LogP contribution is 2.41. The van der Waals surface area contributed by atoms with E-state index in [1.54, 1.807) is 0 Å². The summed E-state index contributed by atoms with van der Waals surface area (Å²) in [5.41, 5.74) is 11.3. The molecule has 0 nitrogen and oxygen atoms in total. The third-order valence-corrected chi connectivity index (χ3v) is 5.14. The van der Waals surface area contributed by atoms with E-state index < -0.39 is 0 Å². The molecule has 0 atom stereocenters. The van der Waals surface area contributed by atoms with Crippen molar-refractivity contribution in [2.24, 2.45) is 0 Å². The fourth-order valence-electron chi connectivity index (χ4n) is 3.89. The maximum atomic E-state index is 2.29. The van der Waals surface area contributed by atoms with Gasteiger partial charge in [-0.05, 0) is 71.2 Å². The van der Waals surface area contributed by atoms with Gasteiger partial charge in [0, 0.05) is 0 Å². The minimum atomic E-state index is 1.06. The molecular weight excluding hydrogens is 288 g/mol. The Labute approximate surface area is 146 Å². The van der Waals surface area contributed by atoms with Gasteiger partial charge >= 0.3 is 0 Å². The van der Waals surface area contributed by atoms with Crippen LogP contribution in [-0.4, -0.2) is 0 Å². The predicted octanol–water partition coefficient (Wildman–Crippen LogP) is 6.76. The monoisotopic (exact) mass is 314 g/mol. The number of hydrogen-bond acceptors (Lipinski definition) is 0. The van der Waals surface area contributed by atoms with Crippen LogP contribution in [0.4, 0.5) is 0 Å². The molecule has 0 spiro atoms. The maximum absolute atomic E-state index is 2.29. The van der Waals surface area contributed by atoms with Crippen LogP contribution in [0, 0.1) is 13.8 Å². The quantitative estimate of drug-likeness (QED) is 0.499. The molecule has 0 saturated carbocycles. The molecule has 0 fully saturated rings. The Morgan fingerprint density at radius 2 is 1.00 bits per heavy atom. The molecule has 0 heterocycles. The van der Waals surface area contributed by atoms with Crippen molar-refractivity contribution in [1.29, 1.82) is 0 Å². The van der Waals surface area contributed by atoms with Gasteiger partial charge in [0.05, 0.1) is 0 Å². The number of rotatable bonds is 4. The van der Waals surface area contributed by atoms with Gasteiger partial charge < -0.3 is 0 Å². The van der Waals surface area contributed by atoms with Crippen LogP contribution in [0.15, 0.2) is 60.7 Å². The maximum Gasteiger partial charge on any atom is -0.00678 e. The summed E-state index contributed by atoms with van der Waals surface area (Å²) >= 11 is 0. The summed E-state index contributed by atoms with van der Waals surface area (Å²) in [5, 5.41) is 0. The molecule has 0 amide bonds. The van der Waals surface area contributed by atoms with Crippen LogP contribution in [0.2, 0.25) is 0 Å². The highest BCUT2D eigenvalue weighted by Gasteiger charge is 2.19. The summed E-state index contributed by atoms with van der Waals surface area (Å²) in [5.74, 6) is 0. The summed E-state index contributed by atoms with van der Waals surface area (Å²) < 4.78 is 0. The zero-order chi connectivity index (χ0) is 17.1. The first kappa shape index (κ1) is 16.5. The van der Waals surface area contributed by atoms with E-state index in [1.807, 2.05) is 0 Å². The van der Waals surface area contributed by atoms with Crippen LogP contribution < -0.4 is 0 Å². The molecule has 0 heteroatoms. The normalized spacial score (nSPS) is 10.8. The van der Waals surface area contributed by atoms with Crippen molar-refractivity contribution in [2.75, 3.05) is 0 Å². The zero-order valence-corrected chi connectivity index (χ0v) is 15.2. The van der Waals surface area contributed by atoms with E-state index in [1.165, 1.54) is 44.5 Å². The molecule has 3 aromatic rings. The molecule has 0 saturated heterocycles. The summed E-state index contributed by atoms with van der Waals surface area (Å²) in [6.45, 7) is 9.12. The average molecular weight is 314 g/mol. The standard InChI is InChI=1S/C24H26/c1-5-21-17(3)18(4)23(19-13-9-7-10-14-19)24(22(21)6-2)20-15-11-8-12-16-20/h7-16H,5-6H2,1-4H3. The van der Waals surface area contributed by atoms with E-state index in [4.69, 9.17) is 0 Å². The summed E-state index contributed by atoms with van der Waals surface area (Å²) in [4.78, 5) is 0. The van der Waals surface area contributed by atoms with Crippen molar-refractivity contribution in [3.05, 3.63) is 82.9 Å². The van der Waals surface area contributed by atoms with Crippen molar-refractivity contribution in [3.8, 4) is 22.3 Å². The van der Waals surface area contributed by atoms with Gasteiger partial charge in [-0.15, -0.1) is 0 Å². The van der Waals surface area contributed by atoms with Gasteiger partial charge in [0.15, 0.2) is 0 Å². The van der Waals surface area contributed by atoms with Gasteiger partial charge in [0.25, 0.3) is 0 Å². The van der Waals surface area contributed by atoms with Crippen LogP contribution in [-0.2, 0) is 12.8 Å². The van der Waals surface area contributed by atoms with Crippen molar-refractivity contribution in [3.63, 3.8) is 0 Å². The average Bonchev–Trinajstić information content (AvgIpc) is 2.64. The van der Waals surface area contributed by atoms with E-state index in [0.717, 1.165) is 12.8 Å². The van der Waals surface area contributed by atoms with E-state index >= 15 is 0 Å². The van der Waals surface area contributed by atoms with Crippen LogP contribution in [0.1, 0.15) is 36.1 Å². The van der Waals surface area contributed by atoms with Crippen molar-refractivity contribution < 1.29 is 0 Å². The Kier molecular flexibility index (Phi) is 4.85. The van der Waals surface area contributed by atoms with Gasteiger partial charge in [0.1, 0.15) is 0 Å². The van der Waals surface area contributed by atoms with Gasteiger partial charge in [0.2, 0.25) is 0 Å². The van der Waals surface area contributed by atoms with Crippen molar-refractivity contribution in [2.45, 2.75) is 40.5 Å². The lowest BCUT2D eigenvalue weighted by Gasteiger charge is -2.24. The predicted molar refractivity (Wildman–Crippen MR) is 106 cm³/mol. The molecule has 3 rings (SSSR count). The smallest absolute Gasteiger partial charge is 0.00678 e. The Morgan fingerprint density at radius 1 is 0.542 bits per heavy atom. The largest absolute Gasteiger partial charge is 0.0622 e. The topological polar surface area (TPSA) is 0 Å². The number of benzene rings is 3. The van der Waals surface area contributed by atoms with Gasteiger partial charge in [-0.25, -0.2) is 0 Å². The Bertz CT molecular complexity index is 827. The molecule has 0 N–H and O–H groups in total. The first-order valence-corrected chi connectivity index (χ1v) is 8.94. The first-order valence-electron chi connectivity index (χ1n) is 8.94. The first-order chi connectivity index (χ1) is 11.7. The van der Waals surface area contributed by atoms with E-state index in [-0.39, 0.29) is 0 Å². The highest BCUT2D eigenvalue weighted by molar-refractivity contribution is 5.89. The van der Waals surface area contributed by atoms with Crippen LogP contribution in [0.5, 0.6) is 0 Å². The van der Waals surface area contributed by atoms with Crippen LogP contribution >= 0.6 is 0 Å². The minimum absolute atomic E-state index is 1.06. The van der Waals surface area contributed by atoms with E-state index in [9.17, 15) is 0 Å². The second-order valence-corrected chi connectivity index (χ2v) is 6.40. The number of hydrogen-bond donors (Lipinski definition) is 0. The Morgan fingerprint density at radius 3 is 1.46 bits per heavy atom. The molecule has 24 heavy (non-hydrogen) atoms. The van der Waals surface area contributed by atoms with Crippen molar-refractivity contribution >= 4 is 0 Å². The Hall–Kier alpha value is -2.34. The highest BCUT2D eigenvalue weighted by atomic mass is 14.2. The third-order valence-electron chi connectivity index (χ3n) is 5.14. The molecule has 0 aromatic heterocycles. The third kappa shape index (κ3) is 2.78. The SMILES string of the molecule is CCc1c(C)c(C)c(-c2ccccc2)c(-c2ccccc2)c1CC. The lowest BCUT2D eigenvalue weighted by Crippen LogP contribution is -2.04. The van der Waals surface area contributed by atoms with E-state index in [2.05, 4.69) is 88.4 Å². The molecular formula is C24H26. The fourth-order valence-corrected chi connectivity index (χ4v) is 3.89.